The molecule has 4 heteroatoms. The van der Waals surface area contributed by atoms with E-state index in [1.54, 1.807) is 19.5 Å². The van der Waals surface area contributed by atoms with Crippen LogP contribution in [0.15, 0.2) is 42.7 Å². The quantitative estimate of drug-likeness (QED) is 0.914. The Morgan fingerprint density at radius 1 is 1.32 bits per heavy atom. The van der Waals surface area contributed by atoms with Crippen LogP contribution in [0.2, 0.25) is 0 Å². The fourth-order valence-corrected chi connectivity index (χ4v) is 1.85. The van der Waals surface area contributed by atoms with Crippen molar-refractivity contribution in [3.63, 3.8) is 0 Å². The van der Waals surface area contributed by atoms with Crippen LogP contribution in [0.4, 0.5) is 5.69 Å². The van der Waals surface area contributed by atoms with Gasteiger partial charge in [0.05, 0.1) is 25.4 Å². The van der Waals surface area contributed by atoms with Crippen molar-refractivity contribution in [1.29, 1.82) is 0 Å². The number of anilines is 1. The van der Waals surface area contributed by atoms with Gasteiger partial charge in [-0.2, -0.15) is 0 Å². The Balaban J connectivity index is 2.05. The standard InChI is InChI=1S/C15H16N2O2/c1-11-7-13(10-16-9-11)17-15(18)8-12-5-3-4-6-14(12)19-2/h3-7,9-10H,8H2,1-2H3,(H,17,18). The molecule has 1 aromatic carbocycles. The Hall–Kier alpha value is -2.36. The first-order chi connectivity index (χ1) is 9.19. The first kappa shape index (κ1) is 13.1. The summed E-state index contributed by atoms with van der Waals surface area (Å²) < 4.78 is 5.22. The summed E-state index contributed by atoms with van der Waals surface area (Å²) in [5.41, 5.74) is 2.58. The average molecular weight is 256 g/mol. The number of amides is 1. The fraction of sp³-hybridized carbons (Fsp3) is 0.200. The lowest BCUT2D eigenvalue weighted by molar-refractivity contribution is -0.115. The minimum absolute atomic E-state index is 0.0862. The summed E-state index contributed by atoms with van der Waals surface area (Å²) in [6, 6.07) is 9.38. The first-order valence-electron chi connectivity index (χ1n) is 6.02. The summed E-state index contributed by atoms with van der Waals surface area (Å²) in [5.74, 6) is 0.636. The number of nitrogens with one attached hydrogen (secondary N) is 1. The van der Waals surface area contributed by atoms with Crippen LogP contribution < -0.4 is 10.1 Å². The van der Waals surface area contributed by atoms with Crippen LogP contribution in [0, 0.1) is 6.92 Å². The van der Waals surface area contributed by atoms with Crippen LogP contribution in [0.25, 0.3) is 0 Å². The van der Waals surface area contributed by atoms with E-state index in [1.165, 1.54) is 0 Å². The van der Waals surface area contributed by atoms with E-state index in [1.807, 2.05) is 37.3 Å². The van der Waals surface area contributed by atoms with Gasteiger partial charge >= 0.3 is 0 Å². The number of methoxy groups -OCH3 is 1. The number of pyridine rings is 1. The highest BCUT2D eigenvalue weighted by Crippen LogP contribution is 2.18. The summed E-state index contributed by atoms with van der Waals surface area (Å²) in [6.45, 7) is 1.93. The second kappa shape index (κ2) is 6.00. The number of benzene rings is 1. The predicted octanol–water partition coefficient (Wildman–Crippen LogP) is 2.58. The molecule has 2 rings (SSSR count). The molecule has 1 N–H and O–H groups in total. The zero-order valence-corrected chi connectivity index (χ0v) is 11.0. The van der Waals surface area contributed by atoms with Gasteiger partial charge < -0.3 is 10.1 Å². The Morgan fingerprint density at radius 3 is 2.84 bits per heavy atom. The molecular formula is C15H16N2O2. The normalized spacial score (nSPS) is 10.0. The van der Waals surface area contributed by atoms with Crippen molar-refractivity contribution in [2.24, 2.45) is 0 Å². The molecule has 0 bridgehead atoms. The van der Waals surface area contributed by atoms with Gasteiger partial charge in [0.25, 0.3) is 0 Å². The molecule has 0 fully saturated rings. The van der Waals surface area contributed by atoms with Gasteiger partial charge in [-0.3, -0.25) is 9.78 Å². The summed E-state index contributed by atoms with van der Waals surface area (Å²) in [5, 5.41) is 2.83. The fourth-order valence-electron chi connectivity index (χ4n) is 1.85. The lowest BCUT2D eigenvalue weighted by Crippen LogP contribution is -2.15. The number of nitrogens with zero attached hydrogens (tertiary/aromatic N) is 1. The molecule has 1 aromatic heterocycles. The van der Waals surface area contributed by atoms with Crippen molar-refractivity contribution in [2.45, 2.75) is 13.3 Å². The Morgan fingerprint density at radius 2 is 2.11 bits per heavy atom. The molecule has 1 heterocycles. The van der Waals surface area contributed by atoms with Gasteiger partial charge in [0.15, 0.2) is 0 Å². The van der Waals surface area contributed by atoms with E-state index in [0.29, 0.717) is 5.69 Å². The Labute approximate surface area is 112 Å². The molecule has 4 nitrogen and oxygen atoms in total. The molecule has 0 atom stereocenters. The maximum absolute atomic E-state index is 12.0. The van der Waals surface area contributed by atoms with E-state index in [2.05, 4.69) is 10.3 Å². The van der Waals surface area contributed by atoms with Gasteiger partial charge in [-0.15, -0.1) is 0 Å². The highest BCUT2D eigenvalue weighted by molar-refractivity contribution is 5.92. The van der Waals surface area contributed by atoms with Crippen molar-refractivity contribution >= 4 is 11.6 Å². The molecule has 0 spiro atoms. The summed E-state index contributed by atoms with van der Waals surface area (Å²) in [6.07, 6.45) is 3.65. The van der Waals surface area contributed by atoms with Crippen molar-refractivity contribution in [2.75, 3.05) is 12.4 Å². The van der Waals surface area contributed by atoms with Crippen molar-refractivity contribution < 1.29 is 9.53 Å². The Kier molecular flexibility index (Phi) is 4.13. The minimum atomic E-state index is -0.0862. The van der Waals surface area contributed by atoms with Gasteiger partial charge in [0, 0.05) is 11.8 Å². The van der Waals surface area contributed by atoms with Gasteiger partial charge in [-0.05, 0) is 24.6 Å². The maximum atomic E-state index is 12.0. The van der Waals surface area contributed by atoms with Gasteiger partial charge in [-0.1, -0.05) is 18.2 Å². The van der Waals surface area contributed by atoms with E-state index >= 15 is 0 Å². The third kappa shape index (κ3) is 3.55. The summed E-state index contributed by atoms with van der Waals surface area (Å²) in [7, 11) is 1.60. The maximum Gasteiger partial charge on any atom is 0.228 e. The monoisotopic (exact) mass is 256 g/mol. The molecule has 1 amide bonds. The SMILES string of the molecule is COc1ccccc1CC(=O)Nc1cncc(C)c1. The molecule has 0 aliphatic carbocycles. The van der Waals surface area contributed by atoms with Crippen molar-refractivity contribution in [3.05, 3.63) is 53.9 Å². The van der Waals surface area contributed by atoms with Crippen LogP contribution in [0.3, 0.4) is 0 Å². The molecule has 0 saturated heterocycles. The van der Waals surface area contributed by atoms with Crippen LogP contribution in [-0.2, 0) is 11.2 Å². The Bertz CT molecular complexity index is 582. The molecule has 0 aliphatic heterocycles. The molecule has 2 aromatic rings. The van der Waals surface area contributed by atoms with E-state index < -0.39 is 0 Å². The molecule has 0 radical (unpaired) electrons. The van der Waals surface area contributed by atoms with Gasteiger partial charge in [-0.25, -0.2) is 0 Å². The van der Waals surface area contributed by atoms with Gasteiger partial charge in [0.2, 0.25) is 5.91 Å². The second-order valence-corrected chi connectivity index (χ2v) is 4.29. The first-order valence-corrected chi connectivity index (χ1v) is 6.02. The number of hydrogen-bond acceptors (Lipinski definition) is 3. The highest BCUT2D eigenvalue weighted by atomic mass is 16.5. The highest BCUT2D eigenvalue weighted by Gasteiger charge is 2.08. The molecule has 0 aliphatic rings. The van der Waals surface area contributed by atoms with E-state index in [9.17, 15) is 4.79 Å². The summed E-state index contributed by atoms with van der Waals surface area (Å²) in [4.78, 5) is 16.0. The minimum Gasteiger partial charge on any atom is -0.496 e. The lowest BCUT2D eigenvalue weighted by Gasteiger charge is -2.09. The third-order valence-corrected chi connectivity index (χ3v) is 2.70. The number of aryl methyl sites for hydroxylation is 1. The number of ether oxygens (including phenoxy) is 1. The second-order valence-electron chi connectivity index (χ2n) is 4.29. The molecule has 98 valence electrons. The van der Waals surface area contributed by atoms with Crippen LogP contribution >= 0.6 is 0 Å². The zero-order chi connectivity index (χ0) is 13.7. The topological polar surface area (TPSA) is 51.2 Å². The molecule has 19 heavy (non-hydrogen) atoms. The number of hydrogen-bond donors (Lipinski definition) is 1. The average Bonchev–Trinajstić information content (AvgIpc) is 2.39. The van der Waals surface area contributed by atoms with Crippen molar-refractivity contribution in [1.82, 2.24) is 4.98 Å². The van der Waals surface area contributed by atoms with Crippen molar-refractivity contribution in [3.8, 4) is 5.75 Å². The van der Waals surface area contributed by atoms with Crippen LogP contribution in [0.5, 0.6) is 5.75 Å². The number of rotatable bonds is 4. The summed E-state index contributed by atoms with van der Waals surface area (Å²) >= 11 is 0. The largest absolute Gasteiger partial charge is 0.496 e. The zero-order valence-electron chi connectivity index (χ0n) is 11.0. The van der Waals surface area contributed by atoms with E-state index in [4.69, 9.17) is 4.74 Å². The third-order valence-electron chi connectivity index (χ3n) is 2.70. The number of aromatic nitrogens is 1. The van der Waals surface area contributed by atoms with Crippen LogP contribution in [-0.4, -0.2) is 18.0 Å². The molecule has 0 unspecified atom stereocenters. The van der Waals surface area contributed by atoms with E-state index in [0.717, 1.165) is 16.9 Å². The predicted molar refractivity (Wildman–Crippen MR) is 74.3 cm³/mol. The lowest BCUT2D eigenvalue weighted by atomic mass is 10.1. The van der Waals surface area contributed by atoms with Gasteiger partial charge in [0.1, 0.15) is 5.75 Å². The number of carbonyl (C=O) groups is 1. The number of para-hydroxylation sites is 1. The molecule has 0 saturated carbocycles. The van der Waals surface area contributed by atoms with E-state index in [-0.39, 0.29) is 12.3 Å². The molecular weight excluding hydrogens is 240 g/mol. The smallest absolute Gasteiger partial charge is 0.228 e. The number of carbonyl (C=O) groups excluding carboxylic acids is 1. The van der Waals surface area contributed by atoms with Crippen LogP contribution in [0.1, 0.15) is 11.1 Å².